The van der Waals surface area contributed by atoms with Gasteiger partial charge < -0.3 is 0 Å². The second-order valence-electron chi connectivity index (χ2n) is 2.87. The molecule has 0 aliphatic rings. The van der Waals surface area contributed by atoms with Crippen LogP contribution in [0.3, 0.4) is 0 Å². The SMILES string of the molecule is CCc1ccc2ncnc(Cl)c2c1. The molecule has 0 saturated carbocycles. The van der Waals surface area contributed by atoms with Gasteiger partial charge in [0.15, 0.2) is 0 Å². The molecule has 0 bridgehead atoms. The van der Waals surface area contributed by atoms with E-state index < -0.39 is 0 Å². The smallest absolute Gasteiger partial charge is 0.140 e. The van der Waals surface area contributed by atoms with Crippen molar-refractivity contribution in [3.8, 4) is 0 Å². The molecule has 0 amide bonds. The summed E-state index contributed by atoms with van der Waals surface area (Å²) < 4.78 is 0. The predicted octanol–water partition coefficient (Wildman–Crippen LogP) is 2.85. The molecule has 1 heterocycles. The third kappa shape index (κ3) is 1.49. The Morgan fingerprint density at radius 3 is 2.92 bits per heavy atom. The van der Waals surface area contributed by atoms with E-state index in [1.165, 1.54) is 11.9 Å². The van der Waals surface area contributed by atoms with Gasteiger partial charge in [0, 0.05) is 5.39 Å². The summed E-state index contributed by atoms with van der Waals surface area (Å²) in [5.74, 6) is 0. The number of aromatic nitrogens is 2. The molecule has 3 heteroatoms. The zero-order chi connectivity index (χ0) is 9.26. The Balaban J connectivity index is 2.74. The summed E-state index contributed by atoms with van der Waals surface area (Å²) in [5, 5.41) is 1.46. The van der Waals surface area contributed by atoms with Gasteiger partial charge in [0.1, 0.15) is 11.5 Å². The highest BCUT2D eigenvalue weighted by Crippen LogP contribution is 2.20. The average molecular weight is 193 g/mol. The Morgan fingerprint density at radius 2 is 2.15 bits per heavy atom. The Bertz CT molecular complexity index is 440. The maximum absolute atomic E-state index is 5.93. The molecule has 0 aliphatic carbocycles. The quantitative estimate of drug-likeness (QED) is 0.650. The van der Waals surface area contributed by atoms with Crippen LogP contribution in [0.2, 0.25) is 5.15 Å². The first-order chi connectivity index (χ1) is 6.31. The molecule has 0 aliphatic heterocycles. The van der Waals surface area contributed by atoms with Crippen molar-refractivity contribution in [2.24, 2.45) is 0 Å². The maximum Gasteiger partial charge on any atom is 0.140 e. The van der Waals surface area contributed by atoms with E-state index in [1.807, 2.05) is 12.1 Å². The van der Waals surface area contributed by atoms with E-state index in [0.717, 1.165) is 17.3 Å². The van der Waals surface area contributed by atoms with Gasteiger partial charge in [-0.2, -0.15) is 0 Å². The van der Waals surface area contributed by atoms with E-state index in [-0.39, 0.29) is 0 Å². The molecule has 0 saturated heterocycles. The molecule has 13 heavy (non-hydrogen) atoms. The van der Waals surface area contributed by atoms with Crippen LogP contribution in [0.5, 0.6) is 0 Å². The third-order valence-corrected chi connectivity index (χ3v) is 2.36. The summed E-state index contributed by atoms with van der Waals surface area (Å²) in [6, 6.07) is 6.07. The summed E-state index contributed by atoms with van der Waals surface area (Å²) in [4.78, 5) is 8.06. The van der Waals surface area contributed by atoms with Crippen molar-refractivity contribution in [2.45, 2.75) is 13.3 Å². The number of nitrogens with zero attached hydrogens (tertiary/aromatic N) is 2. The molecule has 0 unspecified atom stereocenters. The highest BCUT2D eigenvalue weighted by Gasteiger charge is 2.00. The van der Waals surface area contributed by atoms with E-state index in [4.69, 9.17) is 11.6 Å². The monoisotopic (exact) mass is 192 g/mol. The van der Waals surface area contributed by atoms with Crippen molar-refractivity contribution >= 4 is 22.5 Å². The molecular formula is C10H9ClN2. The Kier molecular flexibility index (Phi) is 2.15. The largest absolute Gasteiger partial charge is 0.236 e. The molecule has 0 radical (unpaired) electrons. The summed E-state index contributed by atoms with van der Waals surface area (Å²) in [7, 11) is 0. The molecule has 0 spiro atoms. The molecule has 1 aromatic carbocycles. The van der Waals surface area contributed by atoms with Crippen LogP contribution < -0.4 is 0 Å². The molecule has 2 rings (SSSR count). The van der Waals surface area contributed by atoms with E-state index in [9.17, 15) is 0 Å². The topological polar surface area (TPSA) is 25.8 Å². The van der Waals surface area contributed by atoms with Crippen molar-refractivity contribution in [3.05, 3.63) is 35.2 Å². The molecular weight excluding hydrogens is 184 g/mol. The fourth-order valence-electron chi connectivity index (χ4n) is 1.29. The lowest BCUT2D eigenvalue weighted by Gasteiger charge is -2.00. The number of hydrogen-bond donors (Lipinski definition) is 0. The van der Waals surface area contributed by atoms with Crippen molar-refractivity contribution in [1.82, 2.24) is 9.97 Å². The zero-order valence-electron chi connectivity index (χ0n) is 7.29. The predicted molar refractivity (Wildman–Crippen MR) is 53.9 cm³/mol. The lowest BCUT2D eigenvalue weighted by molar-refractivity contribution is 1.14. The van der Waals surface area contributed by atoms with E-state index in [2.05, 4.69) is 23.0 Å². The zero-order valence-corrected chi connectivity index (χ0v) is 8.04. The van der Waals surface area contributed by atoms with Crippen LogP contribution in [0, 0.1) is 0 Å². The Morgan fingerprint density at radius 1 is 1.31 bits per heavy atom. The first-order valence-corrected chi connectivity index (χ1v) is 4.58. The fraction of sp³-hybridized carbons (Fsp3) is 0.200. The van der Waals surface area contributed by atoms with Gasteiger partial charge in [-0.15, -0.1) is 0 Å². The van der Waals surface area contributed by atoms with Crippen LogP contribution >= 0.6 is 11.6 Å². The Hall–Kier alpha value is -1.15. The molecule has 0 N–H and O–H groups in total. The van der Waals surface area contributed by atoms with Crippen LogP contribution in [0.25, 0.3) is 10.9 Å². The lowest BCUT2D eigenvalue weighted by Crippen LogP contribution is -1.86. The molecule has 66 valence electrons. The Labute approximate surface area is 81.6 Å². The van der Waals surface area contributed by atoms with Crippen molar-refractivity contribution in [3.63, 3.8) is 0 Å². The summed E-state index contributed by atoms with van der Waals surface area (Å²) in [6.07, 6.45) is 2.48. The van der Waals surface area contributed by atoms with Gasteiger partial charge in [0.25, 0.3) is 0 Å². The van der Waals surface area contributed by atoms with Crippen LogP contribution in [-0.4, -0.2) is 9.97 Å². The number of aryl methyl sites for hydroxylation is 1. The van der Waals surface area contributed by atoms with Gasteiger partial charge >= 0.3 is 0 Å². The van der Waals surface area contributed by atoms with Crippen LogP contribution in [-0.2, 0) is 6.42 Å². The number of rotatable bonds is 1. The number of fused-ring (bicyclic) bond motifs is 1. The van der Waals surface area contributed by atoms with Gasteiger partial charge in [-0.1, -0.05) is 24.6 Å². The minimum absolute atomic E-state index is 0.528. The van der Waals surface area contributed by atoms with Crippen molar-refractivity contribution in [2.75, 3.05) is 0 Å². The normalized spacial score (nSPS) is 10.6. The van der Waals surface area contributed by atoms with Crippen molar-refractivity contribution < 1.29 is 0 Å². The molecule has 2 nitrogen and oxygen atoms in total. The standard InChI is InChI=1S/C10H9ClN2/c1-2-7-3-4-9-8(5-7)10(11)13-6-12-9/h3-6H,2H2,1H3. The summed E-state index contributed by atoms with van der Waals surface area (Å²) >= 11 is 5.93. The van der Waals surface area contributed by atoms with Gasteiger partial charge in [-0.3, -0.25) is 0 Å². The number of hydrogen-bond acceptors (Lipinski definition) is 2. The second-order valence-corrected chi connectivity index (χ2v) is 3.23. The first-order valence-electron chi connectivity index (χ1n) is 4.20. The maximum atomic E-state index is 5.93. The van der Waals surface area contributed by atoms with E-state index in [1.54, 1.807) is 0 Å². The molecule has 0 fully saturated rings. The highest BCUT2D eigenvalue weighted by molar-refractivity contribution is 6.34. The van der Waals surface area contributed by atoms with Gasteiger partial charge in [0.05, 0.1) is 5.52 Å². The third-order valence-electron chi connectivity index (χ3n) is 2.06. The van der Waals surface area contributed by atoms with E-state index in [0.29, 0.717) is 5.15 Å². The molecule has 1 aromatic heterocycles. The van der Waals surface area contributed by atoms with Crippen molar-refractivity contribution in [1.29, 1.82) is 0 Å². The number of benzene rings is 1. The van der Waals surface area contributed by atoms with E-state index >= 15 is 0 Å². The van der Waals surface area contributed by atoms with Crippen LogP contribution in [0.1, 0.15) is 12.5 Å². The molecule has 2 aromatic rings. The van der Waals surface area contributed by atoms with Crippen LogP contribution in [0.4, 0.5) is 0 Å². The summed E-state index contributed by atoms with van der Waals surface area (Å²) in [6.45, 7) is 2.11. The minimum atomic E-state index is 0.528. The second kappa shape index (κ2) is 3.30. The number of halogens is 1. The highest BCUT2D eigenvalue weighted by atomic mass is 35.5. The molecule has 0 atom stereocenters. The van der Waals surface area contributed by atoms with Gasteiger partial charge in [-0.05, 0) is 24.1 Å². The minimum Gasteiger partial charge on any atom is -0.236 e. The lowest BCUT2D eigenvalue weighted by atomic mass is 10.1. The fourth-order valence-corrected chi connectivity index (χ4v) is 1.49. The van der Waals surface area contributed by atoms with Crippen LogP contribution in [0.15, 0.2) is 24.5 Å². The van der Waals surface area contributed by atoms with Gasteiger partial charge in [0.2, 0.25) is 0 Å². The summed E-state index contributed by atoms with van der Waals surface area (Å²) in [5.41, 5.74) is 2.15. The van der Waals surface area contributed by atoms with Gasteiger partial charge in [-0.25, -0.2) is 9.97 Å². The first kappa shape index (κ1) is 8.45. The average Bonchev–Trinajstić information content (AvgIpc) is 2.18.